The normalized spacial score (nSPS) is 14.9. The van der Waals surface area contributed by atoms with Crippen molar-refractivity contribution in [2.45, 2.75) is 39.3 Å². The highest BCUT2D eigenvalue weighted by Crippen LogP contribution is 2.43. The first kappa shape index (κ1) is 21.9. The molecule has 6 nitrogen and oxygen atoms in total. The molecule has 2 aromatic heterocycles. The van der Waals surface area contributed by atoms with E-state index in [1.165, 1.54) is 5.56 Å². The van der Waals surface area contributed by atoms with Crippen LogP contribution in [0.1, 0.15) is 58.5 Å². The molecule has 6 heteroatoms. The Kier molecular flexibility index (Phi) is 6.12. The van der Waals surface area contributed by atoms with Crippen molar-refractivity contribution in [2.75, 3.05) is 6.61 Å². The number of nitrogens with one attached hydrogen (secondary N) is 1. The zero-order valence-electron chi connectivity index (χ0n) is 19.5. The van der Waals surface area contributed by atoms with E-state index in [-0.39, 0.29) is 11.9 Å². The van der Waals surface area contributed by atoms with Crippen molar-refractivity contribution >= 4 is 5.91 Å². The number of hydrogen-bond donors (Lipinski definition) is 1. The van der Waals surface area contributed by atoms with E-state index in [4.69, 9.17) is 4.74 Å². The molecule has 2 aromatic carbocycles. The summed E-state index contributed by atoms with van der Waals surface area (Å²) in [6.45, 7) is 5.40. The molecule has 0 radical (unpaired) electrons. The molecule has 4 aromatic rings. The summed E-state index contributed by atoms with van der Waals surface area (Å²) in [7, 11) is 0. The number of pyridine rings is 1. The largest absolute Gasteiger partial charge is 0.494 e. The lowest BCUT2D eigenvalue weighted by Gasteiger charge is -2.26. The lowest BCUT2D eigenvalue weighted by molar-refractivity contribution is 0.0730. The Morgan fingerprint density at radius 2 is 1.74 bits per heavy atom. The van der Waals surface area contributed by atoms with Crippen molar-refractivity contribution in [3.05, 3.63) is 101 Å². The number of nitrogens with zero attached hydrogens (tertiary/aromatic N) is 3. The van der Waals surface area contributed by atoms with Crippen LogP contribution in [0.4, 0.5) is 0 Å². The fraction of sp³-hybridized carbons (Fsp3) is 0.250. The molecule has 1 amide bonds. The Balaban J connectivity index is 1.55. The zero-order valence-corrected chi connectivity index (χ0v) is 19.5. The second-order valence-electron chi connectivity index (χ2n) is 8.69. The van der Waals surface area contributed by atoms with Crippen molar-refractivity contribution in [2.24, 2.45) is 0 Å². The number of carbonyl (C=O) groups is 1. The average molecular weight is 453 g/mol. The molecular weight excluding hydrogens is 424 g/mol. The van der Waals surface area contributed by atoms with E-state index in [0.717, 1.165) is 46.5 Å². The standard InChI is InChI=1S/C28H28N4O2/c1-3-4-17-34-23-11-9-22(10-12-23)27-24-25(21-7-5-19(2)6-8-21)30-31-26(24)28(33)32(27)18-20-13-15-29-16-14-20/h5-16,27H,3-4,17-18H2,1-2H3,(H,30,31). The average Bonchev–Trinajstić information content (AvgIpc) is 3.40. The van der Waals surface area contributed by atoms with Gasteiger partial charge < -0.3 is 9.64 Å². The number of carbonyl (C=O) groups excluding carboxylic acids is 1. The third kappa shape index (κ3) is 4.19. The second-order valence-corrected chi connectivity index (χ2v) is 8.69. The van der Waals surface area contributed by atoms with Crippen LogP contribution in [-0.4, -0.2) is 32.6 Å². The highest BCUT2D eigenvalue weighted by Gasteiger charge is 2.42. The number of ether oxygens (including phenoxy) is 1. The van der Waals surface area contributed by atoms with Gasteiger partial charge in [0.25, 0.3) is 5.91 Å². The molecule has 1 atom stereocenters. The zero-order chi connectivity index (χ0) is 23.5. The summed E-state index contributed by atoms with van der Waals surface area (Å²) >= 11 is 0. The Morgan fingerprint density at radius 1 is 1.00 bits per heavy atom. The summed E-state index contributed by atoms with van der Waals surface area (Å²) in [4.78, 5) is 19.6. The van der Waals surface area contributed by atoms with Gasteiger partial charge in [0.2, 0.25) is 0 Å². The number of H-pyrrole nitrogens is 1. The van der Waals surface area contributed by atoms with Crippen molar-refractivity contribution < 1.29 is 9.53 Å². The van der Waals surface area contributed by atoms with E-state index < -0.39 is 0 Å². The number of amides is 1. The van der Waals surface area contributed by atoms with Crippen LogP contribution < -0.4 is 4.74 Å². The molecule has 0 aliphatic carbocycles. The molecule has 0 saturated carbocycles. The van der Waals surface area contributed by atoms with Crippen LogP contribution >= 0.6 is 0 Å². The van der Waals surface area contributed by atoms with Crippen LogP contribution in [0.5, 0.6) is 5.75 Å². The predicted molar refractivity (Wildman–Crippen MR) is 132 cm³/mol. The van der Waals surface area contributed by atoms with Gasteiger partial charge in [-0.3, -0.25) is 14.9 Å². The van der Waals surface area contributed by atoms with E-state index in [0.29, 0.717) is 18.8 Å². The van der Waals surface area contributed by atoms with Gasteiger partial charge in [0.1, 0.15) is 11.4 Å². The highest BCUT2D eigenvalue weighted by molar-refractivity contribution is 6.00. The first-order valence-electron chi connectivity index (χ1n) is 11.7. The van der Waals surface area contributed by atoms with Crippen molar-refractivity contribution in [3.63, 3.8) is 0 Å². The number of benzene rings is 2. The van der Waals surface area contributed by atoms with E-state index in [1.54, 1.807) is 12.4 Å². The number of hydrogen-bond acceptors (Lipinski definition) is 4. The minimum absolute atomic E-state index is 0.0500. The monoisotopic (exact) mass is 452 g/mol. The first-order chi connectivity index (χ1) is 16.7. The van der Waals surface area contributed by atoms with Gasteiger partial charge in [0.05, 0.1) is 18.3 Å². The van der Waals surface area contributed by atoms with Crippen LogP contribution in [0.2, 0.25) is 0 Å². The number of aromatic nitrogens is 3. The summed E-state index contributed by atoms with van der Waals surface area (Å²) in [5, 5.41) is 7.60. The smallest absolute Gasteiger partial charge is 0.273 e. The summed E-state index contributed by atoms with van der Waals surface area (Å²) in [5.41, 5.74) is 6.52. The van der Waals surface area contributed by atoms with Gasteiger partial charge in [-0.2, -0.15) is 5.10 Å². The number of rotatable bonds is 8. The Labute approximate surface area is 199 Å². The summed E-state index contributed by atoms with van der Waals surface area (Å²) in [6, 6.07) is 20.0. The molecule has 172 valence electrons. The molecular formula is C28H28N4O2. The molecule has 1 N–H and O–H groups in total. The fourth-order valence-electron chi connectivity index (χ4n) is 4.40. The summed E-state index contributed by atoms with van der Waals surface area (Å²) in [6.07, 6.45) is 5.63. The fourth-order valence-corrected chi connectivity index (χ4v) is 4.40. The van der Waals surface area contributed by atoms with E-state index in [9.17, 15) is 4.79 Å². The van der Waals surface area contributed by atoms with Gasteiger partial charge in [-0.1, -0.05) is 55.3 Å². The Bertz CT molecular complexity index is 1260. The SMILES string of the molecule is CCCCOc1ccc(C2c3c(-c4ccc(C)cc4)n[nH]c3C(=O)N2Cc2ccncc2)cc1. The maximum Gasteiger partial charge on any atom is 0.273 e. The molecule has 1 unspecified atom stereocenters. The third-order valence-corrected chi connectivity index (χ3v) is 6.25. The maximum absolute atomic E-state index is 13.5. The molecule has 34 heavy (non-hydrogen) atoms. The molecule has 0 fully saturated rings. The predicted octanol–water partition coefficient (Wildman–Crippen LogP) is 5.70. The van der Waals surface area contributed by atoms with Gasteiger partial charge in [-0.15, -0.1) is 0 Å². The lowest BCUT2D eigenvalue weighted by Crippen LogP contribution is -2.29. The Morgan fingerprint density at radius 3 is 2.44 bits per heavy atom. The van der Waals surface area contributed by atoms with Crippen molar-refractivity contribution in [1.82, 2.24) is 20.1 Å². The van der Waals surface area contributed by atoms with Gasteiger partial charge in [-0.25, -0.2) is 0 Å². The Hall–Kier alpha value is -3.93. The molecule has 5 rings (SSSR count). The van der Waals surface area contributed by atoms with E-state index in [1.807, 2.05) is 29.2 Å². The van der Waals surface area contributed by atoms with E-state index in [2.05, 4.69) is 65.4 Å². The van der Waals surface area contributed by atoms with Gasteiger partial charge in [0.15, 0.2) is 0 Å². The maximum atomic E-state index is 13.5. The number of unbranched alkanes of at least 4 members (excludes halogenated alkanes) is 1. The molecule has 0 saturated heterocycles. The van der Waals surface area contributed by atoms with Gasteiger partial charge in [0, 0.05) is 30.1 Å². The van der Waals surface area contributed by atoms with Crippen molar-refractivity contribution in [3.8, 4) is 17.0 Å². The first-order valence-corrected chi connectivity index (χ1v) is 11.7. The number of fused-ring (bicyclic) bond motifs is 1. The third-order valence-electron chi connectivity index (χ3n) is 6.25. The highest BCUT2D eigenvalue weighted by atomic mass is 16.5. The summed E-state index contributed by atoms with van der Waals surface area (Å²) in [5.74, 6) is 0.791. The van der Waals surface area contributed by atoms with Gasteiger partial charge in [-0.05, 0) is 48.7 Å². The lowest BCUT2D eigenvalue weighted by atomic mass is 9.95. The molecule has 0 spiro atoms. The molecule has 1 aliphatic rings. The van der Waals surface area contributed by atoms with Gasteiger partial charge >= 0.3 is 0 Å². The second kappa shape index (κ2) is 9.51. The topological polar surface area (TPSA) is 71.1 Å². The van der Waals surface area contributed by atoms with Crippen LogP contribution in [0.25, 0.3) is 11.3 Å². The quantitative estimate of drug-likeness (QED) is 0.348. The summed E-state index contributed by atoms with van der Waals surface area (Å²) < 4.78 is 5.86. The van der Waals surface area contributed by atoms with Crippen LogP contribution in [-0.2, 0) is 6.54 Å². The van der Waals surface area contributed by atoms with Crippen LogP contribution in [0.15, 0.2) is 73.1 Å². The molecule has 3 heterocycles. The van der Waals surface area contributed by atoms with Crippen molar-refractivity contribution in [1.29, 1.82) is 0 Å². The van der Waals surface area contributed by atoms with Crippen LogP contribution in [0.3, 0.4) is 0 Å². The minimum atomic E-state index is -0.254. The molecule has 0 bridgehead atoms. The molecule has 1 aliphatic heterocycles. The number of aromatic amines is 1. The minimum Gasteiger partial charge on any atom is -0.494 e. The van der Waals surface area contributed by atoms with E-state index >= 15 is 0 Å². The number of aryl methyl sites for hydroxylation is 1. The van der Waals surface area contributed by atoms with Crippen LogP contribution in [0, 0.1) is 6.92 Å².